The van der Waals surface area contributed by atoms with Gasteiger partial charge >= 0.3 is 11.9 Å². The molecule has 0 unspecified atom stereocenters. The Morgan fingerprint density at radius 1 is 0.719 bits per heavy atom. The average molecular weight is 428 g/mol. The first-order chi connectivity index (χ1) is 15.6. The van der Waals surface area contributed by atoms with Gasteiger partial charge in [-0.15, -0.1) is 0 Å². The van der Waals surface area contributed by atoms with Crippen molar-refractivity contribution in [3.63, 3.8) is 0 Å². The van der Waals surface area contributed by atoms with Gasteiger partial charge in [0.05, 0.1) is 17.5 Å². The van der Waals surface area contributed by atoms with Gasteiger partial charge in [-0.05, 0) is 23.8 Å². The zero-order chi connectivity index (χ0) is 22.3. The molecule has 0 aliphatic rings. The number of hydrogen-bond donors (Lipinski definition) is 0. The van der Waals surface area contributed by atoms with Crippen LogP contribution in [0.5, 0.6) is 0 Å². The van der Waals surface area contributed by atoms with Crippen LogP contribution in [0.2, 0.25) is 0 Å². The summed E-state index contributed by atoms with van der Waals surface area (Å²) in [5, 5.41) is 5.07. The van der Waals surface area contributed by atoms with Gasteiger partial charge in [0.2, 0.25) is 0 Å². The molecule has 0 aliphatic carbocycles. The molecule has 0 spiro atoms. The Labute approximate surface area is 183 Å². The highest BCUT2D eigenvalue weighted by Crippen LogP contribution is 2.15. The summed E-state index contributed by atoms with van der Waals surface area (Å²) in [5.41, 5.74) is 1.03. The van der Waals surface area contributed by atoms with Gasteiger partial charge in [-0.3, -0.25) is 4.79 Å². The Bertz CT molecular complexity index is 1300. The summed E-state index contributed by atoms with van der Waals surface area (Å²) >= 11 is 0. The third-order valence-electron chi connectivity index (χ3n) is 4.80. The van der Waals surface area contributed by atoms with Gasteiger partial charge in [-0.2, -0.15) is 5.10 Å². The molecule has 0 atom stereocenters. The number of benzene rings is 3. The van der Waals surface area contributed by atoms with E-state index in [4.69, 9.17) is 9.47 Å². The normalized spacial score (nSPS) is 10.6. The molecule has 3 aromatic carbocycles. The number of aromatic nitrogens is 2. The highest BCUT2D eigenvalue weighted by molar-refractivity contribution is 6.02. The number of fused-ring (bicyclic) bond motifs is 1. The van der Waals surface area contributed by atoms with E-state index in [1.807, 2.05) is 30.3 Å². The van der Waals surface area contributed by atoms with Crippen molar-refractivity contribution >= 4 is 22.7 Å². The van der Waals surface area contributed by atoms with Crippen molar-refractivity contribution in [1.29, 1.82) is 0 Å². The highest BCUT2D eigenvalue weighted by atomic mass is 16.6. The van der Waals surface area contributed by atoms with Gasteiger partial charge in [0, 0.05) is 5.39 Å². The van der Waals surface area contributed by atoms with Gasteiger partial charge < -0.3 is 9.47 Å². The van der Waals surface area contributed by atoms with Gasteiger partial charge in [-0.1, -0.05) is 66.7 Å². The van der Waals surface area contributed by atoms with Crippen molar-refractivity contribution in [3.8, 4) is 0 Å². The Balaban J connectivity index is 1.50. The maximum absolute atomic E-state index is 12.9. The second-order valence-electron chi connectivity index (χ2n) is 6.98. The monoisotopic (exact) mass is 428 g/mol. The number of carbonyl (C=O) groups is 2. The summed E-state index contributed by atoms with van der Waals surface area (Å²) in [6, 6.07) is 24.7. The maximum Gasteiger partial charge on any atom is 0.359 e. The predicted octanol–water partition coefficient (Wildman–Crippen LogP) is 3.46. The zero-order valence-corrected chi connectivity index (χ0v) is 17.1. The van der Waals surface area contributed by atoms with E-state index in [9.17, 15) is 14.4 Å². The summed E-state index contributed by atoms with van der Waals surface area (Å²) in [6.07, 6.45) is 0. The van der Waals surface area contributed by atoms with Crippen molar-refractivity contribution < 1.29 is 19.1 Å². The minimum absolute atomic E-state index is 0.0329. The molecule has 0 saturated carbocycles. The van der Waals surface area contributed by atoms with E-state index in [0.29, 0.717) is 16.3 Å². The van der Waals surface area contributed by atoms with Gasteiger partial charge in [0.15, 0.2) is 5.69 Å². The van der Waals surface area contributed by atoms with Crippen LogP contribution in [0.25, 0.3) is 10.8 Å². The van der Waals surface area contributed by atoms with E-state index in [0.717, 1.165) is 5.56 Å². The lowest BCUT2D eigenvalue weighted by atomic mass is 10.1. The Hall–Kier alpha value is -4.26. The fourth-order valence-electron chi connectivity index (χ4n) is 3.24. The summed E-state index contributed by atoms with van der Waals surface area (Å²) < 4.78 is 11.7. The van der Waals surface area contributed by atoms with Gasteiger partial charge in [-0.25, -0.2) is 14.3 Å². The van der Waals surface area contributed by atoms with E-state index in [1.165, 1.54) is 4.68 Å². The van der Waals surface area contributed by atoms with Gasteiger partial charge in [0.1, 0.15) is 13.2 Å². The highest BCUT2D eigenvalue weighted by Gasteiger charge is 2.18. The molecule has 32 heavy (non-hydrogen) atoms. The lowest BCUT2D eigenvalue weighted by Gasteiger charge is -2.11. The summed E-state index contributed by atoms with van der Waals surface area (Å²) in [6.45, 7) is -0.00818. The molecule has 7 heteroatoms. The van der Waals surface area contributed by atoms with Crippen molar-refractivity contribution in [3.05, 3.63) is 112 Å². The lowest BCUT2D eigenvalue weighted by Crippen LogP contribution is -2.27. The van der Waals surface area contributed by atoms with Crippen LogP contribution >= 0.6 is 0 Å². The van der Waals surface area contributed by atoms with Crippen LogP contribution in [-0.2, 0) is 16.0 Å². The molecule has 0 bridgehead atoms. The van der Waals surface area contributed by atoms with Crippen molar-refractivity contribution in [2.24, 2.45) is 0 Å². The molecule has 160 valence electrons. The third-order valence-corrected chi connectivity index (χ3v) is 4.80. The topological polar surface area (TPSA) is 87.5 Å². The van der Waals surface area contributed by atoms with E-state index >= 15 is 0 Å². The number of rotatable bonds is 7. The fraction of sp³-hybridized carbons (Fsp3) is 0.120. The minimum Gasteiger partial charge on any atom is -0.458 e. The number of ether oxygens (including phenoxy) is 2. The molecular formula is C25H20N2O5. The third kappa shape index (κ3) is 4.73. The lowest BCUT2D eigenvalue weighted by molar-refractivity contribution is 0.0262. The van der Waals surface area contributed by atoms with Crippen LogP contribution in [0.3, 0.4) is 0 Å². The quantitative estimate of drug-likeness (QED) is 0.331. The van der Waals surface area contributed by atoms with Crippen LogP contribution in [0.1, 0.15) is 26.4 Å². The number of nitrogens with zero attached hydrogens (tertiary/aromatic N) is 2. The van der Waals surface area contributed by atoms with E-state index < -0.39 is 11.9 Å². The van der Waals surface area contributed by atoms with Crippen molar-refractivity contribution in [2.75, 3.05) is 13.2 Å². The Morgan fingerprint density at radius 2 is 1.28 bits per heavy atom. The smallest absolute Gasteiger partial charge is 0.359 e. The van der Waals surface area contributed by atoms with Crippen molar-refractivity contribution in [2.45, 2.75) is 6.54 Å². The van der Waals surface area contributed by atoms with E-state index in [2.05, 4.69) is 5.10 Å². The molecule has 0 radical (unpaired) electrons. The molecule has 0 aliphatic heterocycles. The predicted molar refractivity (Wildman–Crippen MR) is 119 cm³/mol. The SMILES string of the molecule is O=C(OCCOC(=O)c1nn(Cc2ccccc2)c(=O)c2ccccc12)c1ccccc1. The largest absolute Gasteiger partial charge is 0.458 e. The average Bonchev–Trinajstić information content (AvgIpc) is 2.84. The molecule has 4 rings (SSSR count). The van der Waals surface area contributed by atoms with Crippen molar-refractivity contribution in [1.82, 2.24) is 9.78 Å². The standard InChI is InChI=1S/C25H20N2O5/c28-23-21-14-8-7-13-20(21)22(26-27(23)17-18-9-3-1-4-10-18)25(30)32-16-15-31-24(29)19-11-5-2-6-12-19/h1-14H,15-17H2. The molecular weight excluding hydrogens is 408 g/mol. The second kappa shape index (κ2) is 9.70. The zero-order valence-electron chi connectivity index (χ0n) is 17.1. The molecule has 1 heterocycles. The first-order valence-electron chi connectivity index (χ1n) is 10.1. The molecule has 4 aromatic rings. The summed E-state index contributed by atoms with van der Waals surface area (Å²) in [7, 11) is 0. The first kappa shape index (κ1) is 21.0. The number of hydrogen-bond acceptors (Lipinski definition) is 6. The maximum atomic E-state index is 12.9. The van der Waals surface area contributed by atoms with Crippen LogP contribution < -0.4 is 5.56 Å². The molecule has 0 amide bonds. The number of esters is 2. The Kier molecular flexibility index (Phi) is 6.36. The molecule has 1 aromatic heterocycles. The molecule has 0 N–H and O–H groups in total. The van der Waals surface area contributed by atoms with E-state index in [1.54, 1.807) is 54.6 Å². The molecule has 0 fully saturated rings. The van der Waals surface area contributed by atoms with Crippen LogP contribution in [0, 0.1) is 0 Å². The fourth-order valence-corrected chi connectivity index (χ4v) is 3.24. The molecule has 7 nitrogen and oxygen atoms in total. The second-order valence-corrected chi connectivity index (χ2v) is 6.98. The van der Waals surface area contributed by atoms with E-state index in [-0.39, 0.29) is 31.0 Å². The summed E-state index contributed by atoms with van der Waals surface area (Å²) in [5.74, 6) is -1.19. The first-order valence-corrected chi connectivity index (χ1v) is 10.1. The van der Waals surface area contributed by atoms with Crippen LogP contribution in [-0.4, -0.2) is 34.9 Å². The van der Waals surface area contributed by atoms with Crippen LogP contribution in [0.4, 0.5) is 0 Å². The minimum atomic E-state index is -0.696. The Morgan fingerprint density at radius 3 is 1.97 bits per heavy atom. The van der Waals surface area contributed by atoms with Gasteiger partial charge in [0.25, 0.3) is 5.56 Å². The molecule has 0 saturated heterocycles. The number of carbonyl (C=O) groups excluding carboxylic acids is 2. The van der Waals surface area contributed by atoms with Crippen LogP contribution in [0.15, 0.2) is 89.7 Å². The summed E-state index contributed by atoms with van der Waals surface area (Å²) in [4.78, 5) is 37.6.